The number of hydrogen-bond acceptors (Lipinski definition) is 4. The number of benzene rings is 1. The first-order valence-electron chi connectivity index (χ1n) is 5.89. The van der Waals surface area contributed by atoms with Crippen LogP contribution in [0.25, 0.3) is 0 Å². The summed E-state index contributed by atoms with van der Waals surface area (Å²) < 4.78 is 0.720. The third kappa shape index (κ3) is 3.49. The van der Waals surface area contributed by atoms with Crippen molar-refractivity contribution in [2.75, 3.05) is 0 Å². The largest absolute Gasteiger partial charge is 0.305 e. The van der Waals surface area contributed by atoms with E-state index in [1.807, 2.05) is 19.1 Å². The van der Waals surface area contributed by atoms with Gasteiger partial charge in [-0.3, -0.25) is 10.1 Å². The Morgan fingerprint density at radius 2 is 2.10 bits per heavy atom. The topological polar surface area (TPSA) is 55.2 Å². The maximum absolute atomic E-state index is 11.0. The van der Waals surface area contributed by atoms with Crippen LogP contribution in [-0.2, 0) is 6.54 Å². The van der Waals surface area contributed by atoms with Crippen LogP contribution in [0.3, 0.4) is 0 Å². The molecule has 1 unspecified atom stereocenters. The molecule has 0 aliphatic carbocycles. The Kier molecular flexibility index (Phi) is 4.99. The molecular formula is C13H12Cl2N2O2S. The minimum Gasteiger partial charge on any atom is -0.305 e. The van der Waals surface area contributed by atoms with Gasteiger partial charge < -0.3 is 5.32 Å². The van der Waals surface area contributed by atoms with Gasteiger partial charge in [-0.15, -0.1) is 11.3 Å². The number of halogens is 2. The Bertz CT molecular complexity index is 631. The molecule has 0 fully saturated rings. The van der Waals surface area contributed by atoms with Crippen LogP contribution in [0.15, 0.2) is 30.3 Å². The van der Waals surface area contributed by atoms with Gasteiger partial charge in [0.2, 0.25) is 0 Å². The summed E-state index contributed by atoms with van der Waals surface area (Å²) in [5.41, 5.74) is 0.523. The lowest BCUT2D eigenvalue weighted by molar-refractivity contribution is -0.385. The third-order valence-corrected chi connectivity index (χ3v) is 4.66. The third-order valence-electron chi connectivity index (χ3n) is 2.90. The van der Waals surface area contributed by atoms with Crippen LogP contribution in [-0.4, -0.2) is 4.92 Å². The van der Waals surface area contributed by atoms with Gasteiger partial charge in [0.1, 0.15) is 0 Å². The van der Waals surface area contributed by atoms with Crippen LogP contribution in [0.4, 0.5) is 5.69 Å². The summed E-state index contributed by atoms with van der Waals surface area (Å²) in [6, 6.07) is 8.49. The molecule has 4 nitrogen and oxygen atoms in total. The number of nitro benzene ring substituents is 1. The molecule has 1 aromatic carbocycles. The zero-order chi connectivity index (χ0) is 14.7. The van der Waals surface area contributed by atoms with Crippen molar-refractivity contribution < 1.29 is 4.92 Å². The molecule has 1 N–H and O–H groups in total. The number of nitrogens with zero attached hydrogens (tertiary/aromatic N) is 1. The van der Waals surface area contributed by atoms with E-state index in [4.69, 9.17) is 23.2 Å². The molecule has 1 heterocycles. The van der Waals surface area contributed by atoms with Crippen LogP contribution < -0.4 is 5.32 Å². The molecule has 106 valence electrons. The average molecular weight is 331 g/mol. The summed E-state index contributed by atoms with van der Waals surface area (Å²) in [7, 11) is 0. The molecule has 0 bridgehead atoms. The summed E-state index contributed by atoms with van der Waals surface area (Å²) in [6.45, 7) is 2.30. The van der Waals surface area contributed by atoms with E-state index in [1.165, 1.54) is 17.4 Å². The van der Waals surface area contributed by atoms with Crippen molar-refractivity contribution >= 4 is 40.2 Å². The van der Waals surface area contributed by atoms with E-state index >= 15 is 0 Å². The highest BCUT2D eigenvalue weighted by atomic mass is 35.5. The highest BCUT2D eigenvalue weighted by Gasteiger charge is 2.17. The van der Waals surface area contributed by atoms with Crippen LogP contribution in [0, 0.1) is 10.1 Å². The quantitative estimate of drug-likeness (QED) is 0.632. The van der Waals surface area contributed by atoms with Gasteiger partial charge in [-0.2, -0.15) is 0 Å². The number of rotatable bonds is 5. The van der Waals surface area contributed by atoms with Gasteiger partial charge in [-0.25, -0.2) is 0 Å². The van der Waals surface area contributed by atoms with Crippen LogP contribution in [0.2, 0.25) is 9.36 Å². The standard InChI is InChI=1S/C13H12Cl2N2O2S/c1-8(12-5-6-13(15)20-12)16-7-9-10(14)3-2-4-11(9)17(18)19/h2-6,8,16H,7H2,1H3. The van der Waals surface area contributed by atoms with Crippen molar-refractivity contribution in [1.29, 1.82) is 0 Å². The molecule has 2 aromatic rings. The predicted molar refractivity (Wildman–Crippen MR) is 82.7 cm³/mol. The van der Waals surface area contributed by atoms with Crippen molar-refractivity contribution in [3.63, 3.8) is 0 Å². The Hall–Kier alpha value is -1.14. The second-order valence-corrected chi connectivity index (χ2v) is 6.39. The van der Waals surface area contributed by atoms with Gasteiger partial charge in [0.25, 0.3) is 5.69 Å². The van der Waals surface area contributed by atoms with Crippen LogP contribution in [0.5, 0.6) is 0 Å². The molecule has 1 atom stereocenters. The highest BCUT2D eigenvalue weighted by Crippen LogP contribution is 2.29. The molecule has 0 aliphatic rings. The molecule has 7 heteroatoms. The lowest BCUT2D eigenvalue weighted by Gasteiger charge is -2.13. The first-order valence-corrected chi connectivity index (χ1v) is 7.46. The Balaban J connectivity index is 2.13. The molecule has 0 spiro atoms. The minimum atomic E-state index is -0.421. The van der Waals surface area contributed by atoms with Gasteiger partial charge in [0.15, 0.2) is 0 Å². The normalized spacial score (nSPS) is 12.3. The maximum Gasteiger partial charge on any atom is 0.275 e. The van der Waals surface area contributed by atoms with Crippen LogP contribution in [0.1, 0.15) is 23.4 Å². The van der Waals surface area contributed by atoms with Crippen LogP contribution >= 0.6 is 34.5 Å². The van der Waals surface area contributed by atoms with Crippen molar-refractivity contribution in [3.8, 4) is 0 Å². The number of nitrogens with one attached hydrogen (secondary N) is 1. The summed E-state index contributed by atoms with van der Waals surface area (Å²) in [4.78, 5) is 11.6. The van der Waals surface area contributed by atoms with Crippen molar-refractivity contribution in [1.82, 2.24) is 5.32 Å². The summed E-state index contributed by atoms with van der Waals surface area (Å²) in [6.07, 6.45) is 0. The van der Waals surface area contributed by atoms with E-state index < -0.39 is 4.92 Å². The smallest absolute Gasteiger partial charge is 0.275 e. The van der Waals surface area contributed by atoms with Gasteiger partial charge in [-0.1, -0.05) is 29.3 Å². The summed E-state index contributed by atoms with van der Waals surface area (Å²) in [5.74, 6) is 0. The molecule has 0 saturated heterocycles. The van der Waals surface area contributed by atoms with Crippen molar-refractivity contribution in [2.24, 2.45) is 0 Å². The van der Waals surface area contributed by atoms with Gasteiger partial charge in [0, 0.05) is 23.5 Å². The summed E-state index contributed by atoms with van der Waals surface area (Å²) in [5, 5.41) is 14.6. The Morgan fingerprint density at radius 3 is 2.70 bits per heavy atom. The highest BCUT2D eigenvalue weighted by molar-refractivity contribution is 7.16. The van der Waals surface area contributed by atoms with E-state index in [2.05, 4.69) is 5.32 Å². The second kappa shape index (κ2) is 6.54. The van der Waals surface area contributed by atoms with Gasteiger partial charge in [0.05, 0.1) is 19.8 Å². The molecule has 0 saturated carbocycles. The predicted octanol–water partition coefficient (Wildman–Crippen LogP) is 4.81. The zero-order valence-electron chi connectivity index (χ0n) is 10.6. The first kappa shape index (κ1) is 15.3. The van der Waals surface area contributed by atoms with E-state index in [-0.39, 0.29) is 11.7 Å². The summed E-state index contributed by atoms with van der Waals surface area (Å²) >= 11 is 13.4. The molecule has 0 radical (unpaired) electrons. The minimum absolute atomic E-state index is 0.0291. The van der Waals surface area contributed by atoms with E-state index in [9.17, 15) is 10.1 Å². The maximum atomic E-state index is 11.0. The molecule has 2 rings (SSSR count). The fraction of sp³-hybridized carbons (Fsp3) is 0.231. The number of hydrogen-bond donors (Lipinski definition) is 1. The Morgan fingerprint density at radius 1 is 1.35 bits per heavy atom. The zero-order valence-corrected chi connectivity index (χ0v) is 12.9. The van der Waals surface area contributed by atoms with E-state index in [1.54, 1.807) is 12.1 Å². The fourth-order valence-corrected chi connectivity index (χ4v) is 3.13. The lowest BCUT2D eigenvalue weighted by atomic mass is 10.1. The van der Waals surface area contributed by atoms with Crippen molar-refractivity contribution in [3.05, 3.63) is 60.2 Å². The molecule has 0 aliphatic heterocycles. The first-order chi connectivity index (χ1) is 9.49. The number of thiophene rings is 1. The molecule has 1 aromatic heterocycles. The lowest BCUT2D eigenvalue weighted by Crippen LogP contribution is -2.18. The fourth-order valence-electron chi connectivity index (χ4n) is 1.81. The van der Waals surface area contributed by atoms with Crippen molar-refractivity contribution in [2.45, 2.75) is 19.5 Å². The second-order valence-electron chi connectivity index (χ2n) is 4.24. The van der Waals surface area contributed by atoms with E-state index in [0.29, 0.717) is 17.1 Å². The SMILES string of the molecule is CC(NCc1c(Cl)cccc1[N+](=O)[O-])c1ccc(Cl)s1. The Labute approximate surface area is 130 Å². The monoisotopic (exact) mass is 330 g/mol. The van der Waals surface area contributed by atoms with Gasteiger partial charge in [-0.05, 0) is 25.1 Å². The molecule has 20 heavy (non-hydrogen) atoms. The number of nitro groups is 1. The molecule has 0 amide bonds. The average Bonchev–Trinajstić information content (AvgIpc) is 2.83. The van der Waals surface area contributed by atoms with E-state index in [0.717, 1.165) is 9.21 Å². The molecular weight excluding hydrogens is 319 g/mol. The van der Waals surface area contributed by atoms with Gasteiger partial charge >= 0.3 is 0 Å².